The maximum atomic E-state index is 12.5. The fourth-order valence-corrected chi connectivity index (χ4v) is 3.69. The van der Waals surface area contributed by atoms with Crippen LogP contribution in [-0.4, -0.2) is 63.9 Å². The molecule has 1 amide bonds. The van der Waals surface area contributed by atoms with Gasteiger partial charge < -0.3 is 10.1 Å². The summed E-state index contributed by atoms with van der Waals surface area (Å²) >= 11 is 0. The fraction of sp³-hybridized carbons (Fsp3) is 0.562. The average Bonchev–Trinajstić information content (AvgIpc) is 2.55. The molecule has 2 rings (SSSR count). The van der Waals surface area contributed by atoms with E-state index in [4.69, 9.17) is 4.74 Å². The number of nitrogens with zero attached hydrogens (tertiary/aromatic N) is 1. The second kappa shape index (κ2) is 7.90. The number of hydrogen-bond donors (Lipinski definition) is 1. The molecule has 0 unspecified atom stereocenters. The molecule has 6 nitrogen and oxygen atoms in total. The van der Waals surface area contributed by atoms with E-state index in [1.54, 1.807) is 25.1 Å². The zero-order valence-corrected chi connectivity index (χ0v) is 14.4. The number of hydrogen-bond acceptors (Lipinski definition) is 5. The van der Waals surface area contributed by atoms with E-state index in [-0.39, 0.29) is 28.2 Å². The minimum atomic E-state index is -3.42. The lowest BCUT2D eigenvalue weighted by Gasteiger charge is -2.29. The van der Waals surface area contributed by atoms with E-state index in [1.807, 2.05) is 6.92 Å². The molecule has 1 atom stereocenters. The van der Waals surface area contributed by atoms with Crippen LogP contribution in [0.15, 0.2) is 29.2 Å². The van der Waals surface area contributed by atoms with Gasteiger partial charge in [-0.2, -0.15) is 0 Å². The van der Waals surface area contributed by atoms with Crippen LogP contribution in [0.2, 0.25) is 0 Å². The first kappa shape index (κ1) is 17.9. The molecule has 23 heavy (non-hydrogen) atoms. The highest BCUT2D eigenvalue weighted by molar-refractivity contribution is 7.91. The van der Waals surface area contributed by atoms with Crippen molar-refractivity contribution in [2.75, 3.05) is 38.6 Å². The largest absolute Gasteiger partial charge is 0.379 e. The van der Waals surface area contributed by atoms with Gasteiger partial charge in [-0.05, 0) is 19.1 Å². The zero-order chi connectivity index (χ0) is 16.9. The first-order chi connectivity index (χ1) is 10.9. The lowest BCUT2D eigenvalue weighted by atomic mass is 10.2. The number of rotatable bonds is 6. The Balaban J connectivity index is 2.06. The molecule has 0 aliphatic carbocycles. The van der Waals surface area contributed by atoms with Crippen molar-refractivity contribution in [3.63, 3.8) is 0 Å². The van der Waals surface area contributed by atoms with Gasteiger partial charge in [0.25, 0.3) is 5.91 Å². The van der Waals surface area contributed by atoms with Gasteiger partial charge in [-0.25, -0.2) is 8.42 Å². The molecular formula is C16H24N2O4S. The molecule has 7 heteroatoms. The quantitative estimate of drug-likeness (QED) is 0.834. The predicted molar refractivity (Wildman–Crippen MR) is 88.4 cm³/mol. The maximum absolute atomic E-state index is 12.5. The smallest absolute Gasteiger partial charge is 0.252 e. The Labute approximate surface area is 137 Å². The van der Waals surface area contributed by atoms with Gasteiger partial charge in [0.05, 0.1) is 29.4 Å². The third-order valence-electron chi connectivity index (χ3n) is 3.86. The number of sulfone groups is 1. The van der Waals surface area contributed by atoms with Crippen molar-refractivity contribution < 1.29 is 17.9 Å². The molecule has 1 aromatic rings. The van der Waals surface area contributed by atoms with Crippen LogP contribution in [0.3, 0.4) is 0 Å². The van der Waals surface area contributed by atoms with Gasteiger partial charge in [-0.15, -0.1) is 0 Å². The van der Waals surface area contributed by atoms with Gasteiger partial charge in [-0.3, -0.25) is 9.69 Å². The third-order valence-corrected chi connectivity index (χ3v) is 5.65. The second-order valence-electron chi connectivity index (χ2n) is 5.69. The minimum absolute atomic E-state index is 0.0272. The van der Waals surface area contributed by atoms with Crippen LogP contribution in [0.25, 0.3) is 0 Å². The number of nitrogens with one attached hydrogen (secondary N) is 1. The van der Waals surface area contributed by atoms with E-state index in [9.17, 15) is 13.2 Å². The van der Waals surface area contributed by atoms with Crippen molar-refractivity contribution in [3.8, 4) is 0 Å². The van der Waals surface area contributed by atoms with E-state index >= 15 is 0 Å². The highest BCUT2D eigenvalue weighted by Gasteiger charge is 2.22. The predicted octanol–water partition coefficient (Wildman–Crippen LogP) is 0.931. The van der Waals surface area contributed by atoms with E-state index < -0.39 is 9.84 Å². The molecule has 128 valence electrons. The molecule has 1 aromatic carbocycles. The Morgan fingerprint density at radius 1 is 1.30 bits per heavy atom. The summed E-state index contributed by atoms with van der Waals surface area (Å²) in [5.41, 5.74) is 0.211. The number of ether oxygens (including phenoxy) is 1. The standard InChI is InChI=1S/C16H24N2O4S/c1-3-23(20,21)15-7-5-4-6-14(15)16(19)17-13(2)12-18-8-10-22-11-9-18/h4-7,13H,3,8-12H2,1-2H3,(H,17,19)/t13-/m0/s1. The van der Waals surface area contributed by atoms with Gasteiger partial charge in [-0.1, -0.05) is 19.1 Å². The molecule has 0 saturated carbocycles. The molecule has 0 bridgehead atoms. The van der Waals surface area contributed by atoms with Crippen molar-refractivity contribution in [2.45, 2.75) is 24.8 Å². The Morgan fingerprint density at radius 2 is 1.96 bits per heavy atom. The van der Waals surface area contributed by atoms with Gasteiger partial charge in [0.15, 0.2) is 9.84 Å². The van der Waals surface area contributed by atoms with Gasteiger partial charge in [0.1, 0.15) is 0 Å². The van der Waals surface area contributed by atoms with Crippen LogP contribution < -0.4 is 5.32 Å². The van der Waals surface area contributed by atoms with Crippen LogP contribution in [0.4, 0.5) is 0 Å². The number of carbonyl (C=O) groups is 1. The number of morpholine rings is 1. The first-order valence-corrected chi connectivity index (χ1v) is 9.52. The number of amides is 1. The topological polar surface area (TPSA) is 75.7 Å². The van der Waals surface area contributed by atoms with E-state index in [2.05, 4.69) is 10.2 Å². The molecule has 0 radical (unpaired) electrons. The van der Waals surface area contributed by atoms with E-state index in [0.717, 1.165) is 19.6 Å². The summed E-state index contributed by atoms with van der Waals surface area (Å²) in [5, 5.41) is 2.89. The van der Waals surface area contributed by atoms with Crippen molar-refractivity contribution in [3.05, 3.63) is 29.8 Å². The molecule has 1 aliphatic heterocycles. The van der Waals surface area contributed by atoms with Crippen LogP contribution >= 0.6 is 0 Å². The lowest BCUT2D eigenvalue weighted by Crippen LogP contribution is -2.46. The van der Waals surface area contributed by atoms with Gasteiger partial charge >= 0.3 is 0 Å². The summed E-state index contributed by atoms with van der Waals surface area (Å²) in [6, 6.07) is 6.28. The highest BCUT2D eigenvalue weighted by atomic mass is 32.2. The van der Waals surface area contributed by atoms with Crippen LogP contribution in [-0.2, 0) is 14.6 Å². The average molecular weight is 340 g/mol. The molecule has 0 spiro atoms. The molecule has 0 aromatic heterocycles. The normalized spacial score (nSPS) is 17.7. The minimum Gasteiger partial charge on any atom is -0.379 e. The van der Waals surface area contributed by atoms with E-state index in [0.29, 0.717) is 13.2 Å². The molecule has 1 heterocycles. The Morgan fingerprint density at radius 3 is 2.61 bits per heavy atom. The number of benzene rings is 1. The summed E-state index contributed by atoms with van der Waals surface area (Å²) < 4.78 is 29.6. The Kier molecular flexibility index (Phi) is 6.15. The summed E-state index contributed by atoms with van der Waals surface area (Å²) in [7, 11) is -3.42. The van der Waals surface area contributed by atoms with Gasteiger partial charge in [0.2, 0.25) is 0 Å². The number of carbonyl (C=O) groups excluding carboxylic acids is 1. The van der Waals surface area contributed by atoms with Crippen molar-refractivity contribution in [2.24, 2.45) is 0 Å². The monoisotopic (exact) mass is 340 g/mol. The maximum Gasteiger partial charge on any atom is 0.252 e. The summed E-state index contributed by atoms with van der Waals surface area (Å²) in [6.07, 6.45) is 0. The Hall–Kier alpha value is -1.44. The van der Waals surface area contributed by atoms with Gasteiger partial charge in [0, 0.05) is 25.7 Å². The van der Waals surface area contributed by atoms with Crippen molar-refractivity contribution in [1.82, 2.24) is 10.2 Å². The molecular weight excluding hydrogens is 316 g/mol. The highest BCUT2D eigenvalue weighted by Crippen LogP contribution is 2.17. The van der Waals surface area contributed by atoms with Crippen molar-refractivity contribution >= 4 is 15.7 Å². The lowest BCUT2D eigenvalue weighted by molar-refractivity contribution is 0.0342. The Bertz CT molecular complexity index is 639. The molecule has 1 fully saturated rings. The fourth-order valence-electron chi connectivity index (χ4n) is 2.60. The first-order valence-electron chi connectivity index (χ1n) is 7.87. The molecule has 1 aliphatic rings. The van der Waals surface area contributed by atoms with Crippen LogP contribution in [0.5, 0.6) is 0 Å². The zero-order valence-electron chi connectivity index (χ0n) is 13.6. The van der Waals surface area contributed by atoms with Crippen LogP contribution in [0.1, 0.15) is 24.2 Å². The van der Waals surface area contributed by atoms with Crippen LogP contribution in [0, 0.1) is 0 Å². The van der Waals surface area contributed by atoms with E-state index in [1.165, 1.54) is 6.07 Å². The summed E-state index contributed by atoms with van der Waals surface area (Å²) in [6.45, 7) is 7.33. The summed E-state index contributed by atoms with van der Waals surface area (Å²) in [5.74, 6) is -0.376. The van der Waals surface area contributed by atoms with Crippen molar-refractivity contribution in [1.29, 1.82) is 0 Å². The molecule has 1 N–H and O–H groups in total. The third kappa shape index (κ3) is 4.76. The summed E-state index contributed by atoms with van der Waals surface area (Å²) in [4.78, 5) is 14.8. The molecule has 1 saturated heterocycles. The SMILES string of the molecule is CCS(=O)(=O)c1ccccc1C(=O)N[C@@H](C)CN1CCOCC1. The second-order valence-corrected chi connectivity index (χ2v) is 7.93.